The first kappa shape index (κ1) is 13.0. The Morgan fingerprint density at radius 1 is 1.39 bits per heavy atom. The van der Waals surface area contributed by atoms with Gasteiger partial charge in [-0.25, -0.2) is 0 Å². The summed E-state index contributed by atoms with van der Waals surface area (Å²) < 4.78 is 5.45. The molecule has 0 bridgehead atoms. The van der Waals surface area contributed by atoms with Gasteiger partial charge in [0, 0.05) is 12.5 Å². The topological polar surface area (TPSA) is 79.5 Å². The normalized spacial score (nSPS) is 16.6. The fraction of sp³-hybridized carbons (Fsp3) is 0.750. The van der Waals surface area contributed by atoms with Crippen molar-refractivity contribution >= 4 is 5.97 Å². The summed E-state index contributed by atoms with van der Waals surface area (Å²) in [5, 5.41) is 16.8. The van der Waals surface area contributed by atoms with Crippen molar-refractivity contribution in [2.45, 2.75) is 51.6 Å². The average molecular weight is 253 g/mol. The van der Waals surface area contributed by atoms with Crippen molar-refractivity contribution in [3.63, 3.8) is 0 Å². The van der Waals surface area contributed by atoms with Crippen LogP contribution in [-0.2, 0) is 17.8 Å². The smallest absolute Gasteiger partial charge is 0.317 e. The van der Waals surface area contributed by atoms with E-state index >= 15 is 0 Å². The van der Waals surface area contributed by atoms with Crippen LogP contribution in [0.5, 0.6) is 0 Å². The predicted molar refractivity (Wildman–Crippen MR) is 64.0 cm³/mol. The van der Waals surface area contributed by atoms with E-state index < -0.39 is 5.97 Å². The highest BCUT2D eigenvalue weighted by atomic mass is 16.4. The molecule has 1 aromatic heterocycles. The van der Waals surface area contributed by atoms with E-state index in [1.54, 1.807) is 0 Å². The van der Waals surface area contributed by atoms with Gasteiger partial charge >= 0.3 is 5.97 Å². The molecular weight excluding hydrogens is 234 g/mol. The van der Waals surface area contributed by atoms with Crippen LogP contribution in [0.2, 0.25) is 0 Å². The molecule has 1 aliphatic rings. The van der Waals surface area contributed by atoms with Gasteiger partial charge in [0.15, 0.2) is 0 Å². The van der Waals surface area contributed by atoms with Gasteiger partial charge in [0.1, 0.15) is 0 Å². The molecule has 6 nitrogen and oxygen atoms in total. The van der Waals surface area contributed by atoms with Crippen LogP contribution in [0, 0.1) is 0 Å². The molecule has 0 atom stereocenters. The first-order chi connectivity index (χ1) is 8.69. The van der Waals surface area contributed by atoms with Gasteiger partial charge in [0.05, 0.1) is 13.1 Å². The van der Waals surface area contributed by atoms with Crippen molar-refractivity contribution < 1.29 is 14.3 Å². The summed E-state index contributed by atoms with van der Waals surface area (Å²) >= 11 is 0. The predicted octanol–water partition coefficient (Wildman–Crippen LogP) is 1.46. The third-order valence-electron chi connectivity index (χ3n) is 3.33. The Morgan fingerprint density at radius 2 is 2.06 bits per heavy atom. The van der Waals surface area contributed by atoms with Gasteiger partial charge in [-0.2, -0.15) is 0 Å². The van der Waals surface area contributed by atoms with Crippen LogP contribution in [0.1, 0.15) is 44.4 Å². The Morgan fingerprint density at radius 3 is 2.61 bits per heavy atom. The number of carboxylic acids is 1. The summed E-state index contributed by atoms with van der Waals surface area (Å²) in [6, 6.07) is 0.332. The number of hydrogen-bond acceptors (Lipinski definition) is 5. The van der Waals surface area contributed by atoms with Crippen molar-refractivity contribution in [1.29, 1.82) is 0 Å². The Kier molecular flexibility index (Phi) is 4.30. The Balaban J connectivity index is 2.01. The van der Waals surface area contributed by atoms with Gasteiger partial charge < -0.3 is 9.52 Å². The highest BCUT2D eigenvalue weighted by molar-refractivity contribution is 5.69. The lowest BCUT2D eigenvalue weighted by molar-refractivity contribution is -0.139. The molecule has 1 aromatic rings. The Hall–Kier alpha value is -1.43. The number of aliphatic carboxylic acids is 1. The third kappa shape index (κ3) is 3.29. The zero-order valence-corrected chi connectivity index (χ0v) is 10.6. The van der Waals surface area contributed by atoms with E-state index in [-0.39, 0.29) is 6.54 Å². The Labute approximate surface area is 106 Å². The molecule has 0 aliphatic heterocycles. The van der Waals surface area contributed by atoms with Crippen LogP contribution in [0.3, 0.4) is 0 Å². The van der Waals surface area contributed by atoms with E-state index in [1.807, 2.05) is 11.8 Å². The molecule has 0 radical (unpaired) electrons. The van der Waals surface area contributed by atoms with E-state index in [0.29, 0.717) is 30.8 Å². The van der Waals surface area contributed by atoms with Crippen LogP contribution in [-0.4, -0.2) is 38.8 Å². The van der Waals surface area contributed by atoms with E-state index in [0.717, 1.165) is 12.8 Å². The van der Waals surface area contributed by atoms with Crippen LogP contribution in [0.15, 0.2) is 4.42 Å². The highest BCUT2D eigenvalue weighted by Crippen LogP contribution is 2.24. The van der Waals surface area contributed by atoms with Crippen molar-refractivity contribution in [1.82, 2.24) is 15.1 Å². The quantitative estimate of drug-likeness (QED) is 0.826. The van der Waals surface area contributed by atoms with E-state index in [9.17, 15) is 4.79 Å². The minimum absolute atomic E-state index is 0.0362. The average Bonchev–Trinajstić information content (AvgIpc) is 2.98. The molecular formula is C12H19N3O3. The highest BCUT2D eigenvalue weighted by Gasteiger charge is 2.25. The zero-order chi connectivity index (χ0) is 13.0. The van der Waals surface area contributed by atoms with Gasteiger partial charge in [0.25, 0.3) is 0 Å². The van der Waals surface area contributed by atoms with Gasteiger partial charge in [0.2, 0.25) is 11.8 Å². The summed E-state index contributed by atoms with van der Waals surface area (Å²) in [7, 11) is 0. The van der Waals surface area contributed by atoms with Gasteiger partial charge in [-0.1, -0.05) is 19.8 Å². The SMILES string of the molecule is CCc1nnc(CN(CC(=O)O)C2CCCC2)o1. The number of rotatable bonds is 6. The summed E-state index contributed by atoms with van der Waals surface area (Å²) in [6.07, 6.45) is 5.16. The lowest BCUT2D eigenvalue weighted by Crippen LogP contribution is -2.37. The number of carboxylic acid groups (broad SMARTS) is 1. The molecule has 1 fully saturated rings. The van der Waals surface area contributed by atoms with Crippen LogP contribution in [0.4, 0.5) is 0 Å². The molecule has 0 amide bonds. The number of hydrogen-bond donors (Lipinski definition) is 1. The molecule has 1 heterocycles. The molecule has 2 rings (SSSR count). The van der Waals surface area contributed by atoms with Gasteiger partial charge in [-0.3, -0.25) is 9.69 Å². The fourth-order valence-corrected chi connectivity index (χ4v) is 2.43. The lowest BCUT2D eigenvalue weighted by Gasteiger charge is -2.25. The summed E-state index contributed by atoms with van der Waals surface area (Å²) in [4.78, 5) is 12.8. The summed E-state index contributed by atoms with van der Waals surface area (Å²) in [5.74, 6) is 0.309. The molecule has 1 saturated carbocycles. The second kappa shape index (κ2) is 5.95. The first-order valence-corrected chi connectivity index (χ1v) is 6.46. The second-order valence-electron chi connectivity index (χ2n) is 4.68. The van der Waals surface area contributed by atoms with Gasteiger partial charge in [-0.15, -0.1) is 10.2 Å². The monoisotopic (exact) mass is 253 g/mol. The molecule has 6 heteroatoms. The zero-order valence-electron chi connectivity index (χ0n) is 10.6. The standard InChI is InChI=1S/C12H19N3O3/c1-2-10-13-14-11(18-10)7-15(8-12(16)17)9-5-3-4-6-9/h9H,2-8H2,1H3,(H,16,17). The summed E-state index contributed by atoms with van der Waals surface area (Å²) in [5.41, 5.74) is 0. The summed E-state index contributed by atoms with van der Waals surface area (Å²) in [6.45, 7) is 2.42. The maximum atomic E-state index is 10.9. The maximum Gasteiger partial charge on any atom is 0.317 e. The van der Waals surface area contributed by atoms with Crippen molar-refractivity contribution in [2.75, 3.05) is 6.54 Å². The number of aryl methyl sites for hydroxylation is 1. The number of aromatic nitrogens is 2. The molecule has 0 unspecified atom stereocenters. The molecule has 0 saturated heterocycles. The molecule has 0 spiro atoms. The molecule has 1 aliphatic carbocycles. The van der Waals surface area contributed by atoms with E-state index in [2.05, 4.69) is 10.2 Å². The molecule has 1 N–H and O–H groups in total. The maximum absolute atomic E-state index is 10.9. The largest absolute Gasteiger partial charge is 0.480 e. The van der Waals surface area contributed by atoms with Crippen molar-refractivity contribution in [2.24, 2.45) is 0 Å². The molecule has 0 aromatic carbocycles. The number of nitrogens with zero attached hydrogens (tertiary/aromatic N) is 3. The minimum atomic E-state index is -0.808. The van der Waals surface area contributed by atoms with Crippen molar-refractivity contribution in [3.05, 3.63) is 11.8 Å². The third-order valence-corrected chi connectivity index (χ3v) is 3.33. The van der Waals surface area contributed by atoms with Crippen LogP contribution >= 0.6 is 0 Å². The molecule has 100 valence electrons. The van der Waals surface area contributed by atoms with Crippen LogP contribution < -0.4 is 0 Å². The van der Waals surface area contributed by atoms with E-state index in [4.69, 9.17) is 9.52 Å². The van der Waals surface area contributed by atoms with Crippen molar-refractivity contribution in [3.8, 4) is 0 Å². The van der Waals surface area contributed by atoms with Crippen LogP contribution in [0.25, 0.3) is 0 Å². The number of carbonyl (C=O) groups is 1. The van der Waals surface area contributed by atoms with E-state index in [1.165, 1.54) is 12.8 Å². The Bertz CT molecular complexity index is 399. The van der Waals surface area contributed by atoms with Gasteiger partial charge in [-0.05, 0) is 12.8 Å². The minimum Gasteiger partial charge on any atom is -0.480 e. The fourth-order valence-electron chi connectivity index (χ4n) is 2.43. The lowest BCUT2D eigenvalue weighted by atomic mass is 10.2. The second-order valence-corrected chi connectivity index (χ2v) is 4.68. The first-order valence-electron chi connectivity index (χ1n) is 6.46. The molecule has 18 heavy (non-hydrogen) atoms.